The van der Waals surface area contributed by atoms with Gasteiger partial charge in [0.25, 0.3) is 5.91 Å². The summed E-state index contributed by atoms with van der Waals surface area (Å²) in [6, 6.07) is 12.7. The molecule has 0 radical (unpaired) electrons. The number of hydrogen-bond acceptors (Lipinski definition) is 7. The third-order valence-corrected chi connectivity index (χ3v) is 5.47. The van der Waals surface area contributed by atoms with Gasteiger partial charge >= 0.3 is 0 Å². The Morgan fingerprint density at radius 3 is 2.06 bits per heavy atom. The fraction of sp³-hybridized carbons (Fsp3) is 0.160. The number of aliphatic imine (C=N–C) groups is 1. The fourth-order valence-electron chi connectivity index (χ4n) is 3.43. The molecule has 0 aliphatic carbocycles. The van der Waals surface area contributed by atoms with Crippen molar-refractivity contribution in [1.82, 2.24) is 0 Å². The molecule has 0 aliphatic rings. The van der Waals surface area contributed by atoms with E-state index in [1.165, 1.54) is 39.5 Å². The summed E-state index contributed by atoms with van der Waals surface area (Å²) in [5.74, 6) is -0.152. The third-order valence-electron chi connectivity index (χ3n) is 5.14. The minimum Gasteiger partial charge on any atom is -0.497 e. The van der Waals surface area contributed by atoms with Crippen LogP contribution in [0.25, 0.3) is 0 Å². The number of nitrogens with zero attached hydrogens (tertiary/aromatic N) is 1. The molecule has 0 aliphatic heterocycles. The highest BCUT2D eigenvalue weighted by Crippen LogP contribution is 2.42. The molecule has 0 spiro atoms. The minimum atomic E-state index is -0.780. The number of amides is 2. The number of methoxy groups -OCH3 is 4. The van der Waals surface area contributed by atoms with Crippen molar-refractivity contribution in [3.8, 4) is 23.0 Å². The topological polar surface area (TPSA) is 147 Å². The Kier molecular flexibility index (Phi) is 8.23. The number of amidine groups is 1. The van der Waals surface area contributed by atoms with Crippen molar-refractivity contribution in [2.24, 2.45) is 16.5 Å². The molecule has 0 unspecified atom stereocenters. The normalized spacial score (nSPS) is 11.0. The molecule has 11 heteroatoms. The van der Waals surface area contributed by atoms with Crippen LogP contribution in [0.4, 0.5) is 11.4 Å². The summed E-state index contributed by atoms with van der Waals surface area (Å²) in [6.45, 7) is 0. The summed E-state index contributed by atoms with van der Waals surface area (Å²) in [5, 5.41) is 2.97. The van der Waals surface area contributed by atoms with Crippen LogP contribution in [0.3, 0.4) is 0 Å². The molecule has 5 N–H and O–H groups in total. The van der Waals surface area contributed by atoms with Gasteiger partial charge in [0.15, 0.2) is 11.5 Å². The predicted molar refractivity (Wildman–Crippen MR) is 137 cm³/mol. The quantitative estimate of drug-likeness (QED) is 0.292. The molecule has 0 aromatic heterocycles. The van der Waals surface area contributed by atoms with Gasteiger partial charge in [-0.15, -0.1) is 0 Å². The van der Waals surface area contributed by atoms with Crippen LogP contribution in [-0.4, -0.2) is 46.1 Å². The van der Waals surface area contributed by atoms with Gasteiger partial charge in [-0.1, -0.05) is 11.6 Å². The minimum absolute atomic E-state index is 0.0113. The second kappa shape index (κ2) is 11.3. The highest BCUT2D eigenvalue weighted by molar-refractivity contribution is 6.34. The highest BCUT2D eigenvalue weighted by atomic mass is 35.5. The van der Waals surface area contributed by atoms with Gasteiger partial charge < -0.3 is 35.7 Å². The largest absolute Gasteiger partial charge is 0.497 e. The maximum absolute atomic E-state index is 12.9. The first-order valence-corrected chi connectivity index (χ1v) is 10.8. The number of carbonyl (C=O) groups is 2. The van der Waals surface area contributed by atoms with Gasteiger partial charge in [-0.25, -0.2) is 4.99 Å². The maximum atomic E-state index is 12.9. The van der Waals surface area contributed by atoms with Gasteiger partial charge in [0.05, 0.1) is 55.8 Å². The van der Waals surface area contributed by atoms with E-state index in [0.29, 0.717) is 17.1 Å². The zero-order chi connectivity index (χ0) is 26.4. The van der Waals surface area contributed by atoms with Crippen LogP contribution in [0.15, 0.2) is 53.5 Å². The van der Waals surface area contributed by atoms with Gasteiger partial charge in [0.2, 0.25) is 11.7 Å². The molecular weight excluding hydrogens is 488 g/mol. The molecule has 36 heavy (non-hydrogen) atoms. The second-order valence-corrected chi connectivity index (χ2v) is 7.68. The summed E-state index contributed by atoms with van der Waals surface area (Å²) in [7, 11) is 5.75. The first kappa shape index (κ1) is 26.2. The van der Waals surface area contributed by atoms with Crippen molar-refractivity contribution in [2.45, 2.75) is 0 Å². The van der Waals surface area contributed by atoms with Gasteiger partial charge in [0, 0.05) is 5.69 Å². The maximum Gasteiger partial charge on any atom is 0.257 e. The number of nitrogens with one attached hydrogen (secondary N) is 1. The van der Waals surface area contributed by atoms with Crippen molar-refractivity contribution in [2.75, 3.05) is 33.8 Å². The molecule has 0 bridgehead atoms. The molecule has 3 aromatic rings. The molecule has 3 aromatic carbocycles. The smallest absolute Gasteiger partial charge is 0.257 e. The number of ether oxygens (including phenoxy) is 4. The van der Waals surface area contributed by atoms with E-state index in [4.69, 9.17) is 42.0 Å². The first-order chi connectivity index (χ1) is 17.2. The molecule has 3 rings (SSSR count). The predicted octanol–water partition coefficient (Wildman–Crippen LogP) is 3.76. The number of anilines is 1. The summed E-state index contributed by atoms with van der Waals surface area (Å²) >= 11 is 6.27. The molecular formula is C25H25ClN4O6. The lowest BCUT2D eigenvalue weighted by atomic mass is 10.0. The Labute approximate surface area is 212 Å². The van der Waals surface area contributed by atoms with Crippen molar-refractivity contribution in [3.63, 3.8) is 0 Å². The number of carbonyl (C=O) groups excluding carboxylic acids is 2. The van der Waals surface area contributed by atoms with Crippen LogP contribution in [0.1, 0.15) is 26.3 Å². The van der Waals surface area contributed by atoms with E-state index in [9.17, 15) is 9.59 Å². The van der Waals surface area contributed by atoms with Crippen molar-refractivity contribution >= 4 is 40.6 Å². The number of nitrogens with two attached hydrogens (primary N) is 2. The summed E-state index contributed by atoms with van der Waals surface area (Å²) < 4.78 is 21.2. The zero-order valence-corrected chi connectivity index (χ0v) is 20.8. The molecule has 188 valence electrons. The van der Waals surface area contributed by atoms with Crippen molar-refractivity contribution in [1.29, 1.82) is 0 Å². The molecule has 0 fully saturated rings. The second-order valence-electron chi connectivity index (χ2n) is 7.28. The first-order valence-electron chi connectivity index (χ1n) is 10.5. The van der Waals surface area contributed by atoms with E-state index >= 15 is 0 Å². The molecule has 10 nitrogen and oxygen atoms in total. The average Bonchev–Trinajstić information content (AvgIpc) is 2.88. The van der Waals surface area contributed by atoms with E-state index in [1.54, 1.807) is 37.4 Å². The molecule has 2 amide bonds. The fourth-order valence-corrected chi connectivity index (χ4v) is 3.63. The van der Waals surface area contributed by atoms with Crippen LogP contribution >= 0.6 is 11.6 Å². The SMILES string of the molecule is COc1ccc(NC(=O)c2cc(N=C(N)c3c(C(N)=O)cc(OC)c(OC)c3OC)ccc2Cl)cc1. The van der Waals surface area contributed by atoms with E-state index in [1.807, 2.05) is 0 Å². The summed E-state index contributed by atoms with van der Waals surface area (Å²) in [4.78, 5) is 29.5. The number of hydrogen-bond donors (Lipinski definition) is 3. The lowest BCUT2D eigenvalue weighted by Gasteiger charge is -2.18. The third kappa shape index (κ3) is 5.44. The van der Waals surface area contributed by atoms with Gasteiger partial charge in [0.1, 0.15) is 11.6 Å². The van der Waals surface area contributed by atoms with Crippen molar-refractivity contribution < 1.29 is 28.5 Å². The van der Waals surface area contributed by atoms with E-state index < -0.39 is 11.8 Å². The summed E-state index contributed by atoms with van der Waals surface area (Å²) in [6.07, 6.45) is 0. The van der Waals surface area contributed by atoms with E-state index in [-0.39, 0.29) is 44.8 Å². The van der Waals surface area contributed by atoms with Gasteiger partial charge in [-0.05, 0) is 48.5 Å². The Morgan fingerprint density at radius 1 is 0.833 bits per heavy atom. The van der Waals surface area contributed by atoms with Crippen LogP contribution in [0.5, 0.6) is 23.0 Å². The molecule has 0 atom stereocenters. The standard InChI is InChI=1S/C25H25ClN4O6/c1-33-15-8-5-13(6-9-15)30-25(32)16-11-14(7-10-18(16)26)29-23(27)20-17(24(28)31)12-19(34-2)21(35-3)22(20)36-4/h5-12H,1-4H3,(H2,27,29)(H2,28,31)(H,30,32). The van der Waals surface area contributed by atoms with Gasteiger partial charge in [-0.3, -0.25) is 9.59 Å². The Hall–Kier alpha value is -4.44. The molecule has 0 saturated carbocycles. The Morgan fingerprint density at radius 2 is 1.50 bits per heavy atom. The number of benzene rings is 3. The Bertz CT molecular complexity index is 1330. The lowest BCUT2D eigenvalue weighted by molar-refractivity contribution is 0.0996. The van der Waals surface area contributed by atoms with Crippen LogP contribution in [-0.2, 0) is 0 Å². The Balaban J connectivity index is 2.04. The van der Waals surface area contributed by atoms with E-state index in [2.05, 4.69) is 10.3 Å². The zero-order valence-electron chi connectivity index (χ0n) is 20.0. The number of halogens is 1. The van der Waals surface area contributed by atoms with Crippen LogP contribution in [0.2, 0.25) is 5.02 Å². The van der Waals surface area contributed by atoms with E-state index in [0.717, 1.165) is 0 Å². The van der Waals surface area contributed by atoms with Crippen LogP contribution < -0.4 is 35.7 Å². The van der Waals surface area contributed by atoms with Crippen molar-refractivity contribution in [3.05, 3.63) is 70.2 Å². The lowest BCUT2D eigenvalue weighted by Crippen LogP contribution is -2.23. The number of primary amides is 1. The van der Waals surface area contributed by atoms with Crippen LogP contribution in [0, 0.1) is 0 Å². The molecule has 0 saturated heterocycles. The highest BCUT2D eigenvalue weighted by Gasteiger charge is 2.25. The summed E-state index contributed by atoms with van der Waals surface area (Å²) in [5.41, 5.74) is 13.0. The monoisotopic (exact) mass is 512 g/mol. The molecule has 0 heterocycles. The number of rotatable bonds is 9. The average molecular weight is 513 g/mol. The van der Waals surface area contributed by atoms with Gasteiger partial charge in [-0.2, -0.15) is 0 Å².